The first-order valence-electron chi connectivity index (χ1n) is 6.21. The van der Waals surface area contributed by atoms with E-state index in [4.69, 9.17) is 0 Å². The summed E-state index contributed by atoms with van der Waals surface area (Å²) in [5, 5.41) is 4.23. The third-order valence-electron chi connectivity index (χ3n) is 3.42. The normalized spacial score (nSPS) is 29.9. The third kappa shape index (κ3) is 3.93. The Labute approximate surface area is 103 Å². The van der Waals surface area contributed by atoms with Crippen molar-refractivity contribution >= 4 is 21.6 Å². The number of sulfone groups is 1. The zero-order chi connectivity index (χ0) is 11.4. The maximum atomic E-state index is 11.2. The second-order valence-corrected chi connectivity index (χ2v) is 8.47. The SMILES string of the molecule is O=S1(=O)CCC(NCCSC2CCCC2)C1. The van der Waals surface area contributed by atoms with Gasteiger partial charge in [0.1, 0.15) is 0 Å². The molecule has 1 heterocycles. The maximum absolute atomic E-state index is 11.2. The summed E-state index contributed by atoms with van der Waals surface area (Å²) in [5.41, 5.74) is 0. The summed E-state index contributed by atoms with van der Waals surface area (Å²) in [5.74, 6) is 1.85. The van der Waals surface area contributed by atoms with Crippen LogP contribution in [0.15, 0.2) is 0 Å². The van der Waals surface area contributed by atoms with Crippen LogP contribution in [-0.2, 0) is 9.84 Å². The van der Waals surface area contributed by atoms with Crippen molar-refractivity contribution < 1.29 is 8.42 Å². The van der Waals surface area contributed by atoms with Gasteiger partial charge in [-0.2, -0.15) is 11.8 Å². The zero-order valence-corrected chi connectivity index (χ0v) is 11.3. The Morgan fingerprint density at radius 1 is 1.19 bits per heavy atom. The maximum Gasteiger partial charge on any atom is 0.151 e. The number of thioether (sulfide) groups is 1. The molecule has 2 aliphatic rings. The highest BCUT2D eigenvalue weighted by atomic mass is 32.2. The van der Waals surface area contributed by atoms with E-state index in [2.05, 4.69) is 17.1 Å². The van der Waals surface area contributed by atoms with E-state index in [-0.39, 0.29) is 6.04 Å². The van der Waals surface area contributed by atoms with Crippen molar-refractivity contribution in [3.8, 4) is 0 Å². The summed E-state index contributed by atoms with van der Waals surface area (Å²) in [6, 6.07) is 0.217. The van der Waals surface area contributed by atoms with Crippen LogP contribution in [0, 0.1) is 0 Å². The average molecular weight is 263 g/mol. The standard InChI is InChI=1S/C11H21NO2S2/c13-16(14)8-5-10(9-16)12-6-7-15-11-3-1-2-4-11/h10-12H,1-9H2. The second kappa shape index (κ2) is 5.74. The highest BCUT2D eigenvalue weighted by Crippen LogP contribution is 2.28. The molecule has 0 spiro atoms. The van der Waals surface area contributed by atoms with Crippen molar-refractivity contribution in [1.29, 1.82) is 0 Å². The van der Waals surface area contributed by atoms with E-state index in [1.807, 2.05) is 0 Å². The van der Waals surface area contributed by atoms with Gasteiger partial charge in [-0.15, -0.1) is 0 Å². The fourth-order valence-corrected chi connectivity index (χ4v) is 5.44. The van der Waals surface area contributed by atoms with Crippen LogP contribution >= 0.6 is 11.8 Å². The van der Waals surface area contributed by atoms with E-state index in [9.17, 15) is 8.42 Å². The number of hydrogen-bond donors (Lipinski definition) is 1. The molecule has 0 bridgehead atoms. The number of rotatable bonds is 5. The van der Waals surface area contributed by atoms with Crippen LogP contribution in [0.1, 0.15) is 32.1 Å². The van der Waals surface area contributed by atoms with Gasteiger partial charge in [0, 0.05) is 23.6 Å². The topological polar surface area (TPSA) is 46.2 Å². The van der Waals surface area contributed by atoms with Crippen molar-refractivity contribution in [3.05, 3.63) is 0 Å². The predicted octanol–water partition coefficient (Wildman–Crippen LogP) is 1.44. The fraction of sp³-hybridized carbons (Fsp3) is 1.00. The van der Waals surface area contributed by atoms with Crippen molar-refractivity contribution in [2.75, 3.05) is 23.8 Å². The van der Waals surface area contributed by atoms with Gasteiger partial charge in [-0.1, -0.05) is 12.8 Å². The highest BCUT2D eigenvalue weighted by Gasteiger charge is 2.27. The molecule has 16 heavy (non-hydrogen) atoms. The molecule has 1 unspecified atom stereocenters. The molecule has 0 aromatic heterocycles. The summed E-state index contributed by atoms with van der Waals surface area (Å²) >= 11 is 2.06. The molecule has 1 aliphatic carbocycles. The quantitative estimate of drug-likeness (QED) is 0.763. The summed E-state index contributed by atoms with van der Waals surface area (Å²) in [6.45, 7) is 0.960. The first kappa shape index (κ1) is 12.7. The molecule has 2 fully saturated rings. The van der Waals surface area contributed by atoms with Crippen LogP contribution in [0.2, 0.25) is 0 Å². The Hall–Kier alpha value is 0.260. The first-order chi connectivity index (χ1) is 7.66. The van der Waals surface area contributed by atoms with Gasteiger partial charge in [-0.05, 0) is 19.3 Å². The van der Waals surface area contributed by atoms with Gasteiger partial charge in [-0.3, -0.25) is 0 Å². The van der Waals surface area contributed by atoms with Gasteiger partial charge in [0.2, 0.25) is 0 Å². The molecule has 1 saturated carbocycles. The Morgan fingerprint density at radius 3 is 2.56 bits per heavy atom. The lowest BCUT2D eigenvalue weighted by Crippen LogP contribution is -2.32. The molecule has 0 amide bonds. The largest absolute Gasteiger partial charge is 0.312 e. The van der Waals surface area contributed by atoms with Crippen LogP contribution in [0.25, 0.3) is 0 Å². The van der Waals surface area contributed by atoms with Crippen LogP contribution in [0.5, 0.6) is 0 Å². The third-order valence-corrected chi connectivity index (χ3v) is 6.57. The van der Waals surface area contributed by atoms with E-state index in [0.29, 0.717) is 11.5 Å². The summed E-state index contributed by atoms with van der Waals surface area (Å²) < 4.78 is 22.5. The molecule has 0 radical (unpaired) electrons. The lowest BCUT2D eigenvalue weighted by Gasteiger charge is -2.12. The summed E-state index contributed by atoms with van der Waals surface area (Å²) in [7, 11) is -2.72. The van der Waals surface area contributed by atoms with Crippen molar-refractivity contribution in [2.45, 2.75) is 43.4 Å². The minimum atomic E-state index is -2.72. The molecule has 3 nitrogen and oxygen atoms in total. The second-order valence-electron chi connectivity index (χ2n) is 4.83. The average Bonchev–Trinajstić information content (AvgIpc) is 2.82. The molecule has 1 atom stereocenters. The smallest absolute Gasteiger partial charge is 0.151 e. The molecule has 5 heteroatoms. The van der Waals surface area contributed by atoms with E-state index in [1.54, 1.807) is 0 Å². The molecular weight excluding hydrogens is 242 g/mol. The van der Waals surface area contributed by atoms with Gasteiger partial charge >= 0.3 is 0 Å². The van der Waals surface area contributed by atoms with Gasteiger partial charge in [0.25, 0.3) is 0 Å². The molecule has 2 rings (SSSR count). The molecule has 0 aromatic carbocycles. The first-order valence-corrected chi connectivity index (χ1v) is 9.08. The van der Waals surface area contributed by atoms with E-state index in [0.717, 1.165) is 24.0 Å². The van der Waals surface area contributed by atoms with Gasteiger partial charge < -0.3 is 5.32 Å². The molecule has 1 N–H and O–H groups in total. The van der Waals surface area contributed by atoms with Gasteiger partial charge in [0.05, 0.1) is 11.5 Å². The Balaban J connectivity index is 1.55. The van der Waals surface area contributed by atoms with Crippen LogP contribution in [0.4, 0.5) is 0 Å². The lowest BCUT2D eigenvalue weighted by atomic mass is 10.3. The van der Waals surface area contributed by atoms with Crippen LogP contribution in [-0.4, -0.2) is 43.5 Å². The predicted molar refractivity (Wildman–Crippen MR) is 69.8 cm³/mol. The molecule has 1 aliphatic heterocycles. The summed E-state index contributed by atoms with van der Waals surface area (Å²) in [4.78, 5) is 0. The molecule has 94 valence electrons. The number of hydrogen-bond acceptors (Lipinski definition) is 4. The van der Waals surface area contributed by atoms with Crippen molar-refractivity contribution in [3.63, 3.8) is 0 Å². The fourth-order valence-electron chi connectivity index (χ4n) is 2.50. The van der Waals surface area contributed by atoms with E-state index >= 15 is 0 Å². The van der Waals surface area contributed by atoms with Crippen LogP contribution < -0.4 is 5.32 Å². The highest BCUT2D eigenvalue weighted by molar-refractivity contribution is 7.99. The van der Waals surface area contributed by atoms with Crippen molar-refractivity contribution in [2.24, 2.45) is 0 Å². The Kier molecular flexibility index (Phi) is 4.56. The van der Waals surface area contributed by atoms with Gasteiger partial charge in [-0.25, -0.2) is 8.42 Å². The number of nitrogens with one attached hydrogen (secondary N) is 1. The molecule has 0 aromatic rings. The monoisotopic (exact) mass is 263 g/mol. The molecule has 1 saturated heterocycles. The zero-order valence-electron chi connectivity index (χ0n) is 9.65. The minimum Gasteiger partial charge on any atom is -0.312 e. The van der Waals surface area contributed by atoms with E-state index in [1.165, 1.54) is 25.7 Å². The van der Waals surface area contributed by atoms with Crippen molar-refractivity contribution in [1.82, 2.24) is 5.32 Å². The minimum absolute atomic E-state index is 0.217. The summed E-state index contributed by atoms with van der Waals surface area (Å²) in [6.07, 6.45) is 6.35. The van der Waals surface area contributed by atoms with E-state index < -0.39 is 9.84 Å². The van der Waals surface area contributed by atoms with Gasteiger partial charge in [0.15, 0.2) is 9.84 Å². The lowest BCUT2D eigenvalue weighted by molar-refractivity contribution is 0.574. The Morgan fingerprint density at radius 2 is 1.94 bits per heavy atom. The molecular formula is C11H21NO2S2. The Bertz CT molecular complexity index is 310. The van der Waals surface area contributed by atoms with Crippen LogP contribution in [0.3, 0.4) is 0 Å².